The SMILES string of the molecule is COc1cc(C(=O)NCc2cccc(F)c2)c([N+](=O)[O-])cc1OC. The zero-order valence-corrected chi connectivity index (χ0v) is 13.0. The van der Waals surface area contributed by atoms with Crippen LogP contribution in [-0.2, 0) is 6.54 Å². The van der Waals surface area contributed by atoms with Crippen LogP contribution < -0.4 is 14.8 Å². The van der Waals surface area contributed by atoms with Gasteiger partial charge in [-0.15, -0.1) is 0 Å². The molecule has 126 valence electrons. The monoisotopic (exact) mass is 334 g/mol. The molecule has 0 aliphatic carbocycles. The van der Waals surface area contributed by atoms with E-state index in [9.17, 15) is 19.3 Å². The molecule has 1 N–H and O–H groups in total. The largest absolute Gasteiger partial charge is 0.493 e. The lowest BCUT2D eigenvalue weighted by atomic mass is 10.1. The number of nitro benzene ring substituents is 1. The smallest absolute Gasteiger partial charge is 0.286 e. The molecule has 2 aromatic rings. The summed E-state index contributed by atoms with van der Waals surface area (Å²) in [5, 5.41) is 13.7. The Morgan fingerprint density at radius 2 is 1.88 bits per heavy atom. The molecule has 0 saturated heterocycles. The molecule has 0 aliphatic heterocycles. The number of nitrogens with zero attached hydrogens (tertiary/aromatic N) is 1. The molecule has 8 heteroatoms. The fourth-order valence-electron chi connectivity index (χ4n) is 2.13. The second-order valence-corrected chi connectivity index (χ2v) is 4.79. The Morgan fingerprint density at radius 1 is 1.21 bits per heavy atom. The Morgan fingerprint density at radius 3 is 2.46 bits per heavy atom. The number of amides is 1. The van der Waals surface area contributed by atoms with Gasteiger partial charge in [-0.25, -0.2) is 4.39 Å². The fourth-order valence-corrected chi connectivity index (χ4v) is 2.13. The predicted molar refractivity (Wildman–Crippen MR) is 83.8 cm³/mol. The Kier molecular flexibility index (Phi) is 5.31. The quantitative estimate of drug-likeness (QED) is 0.648. The van der Waals surface area contributed by atoms with Gasteiger partial charge in [0.25, 0.3) is 11.6 Å². The molecule has 0 atom stereocenters. The molecular weight excluding hydrogens is 319 g/mol. The second kappa shape index (κ2) is 7.40. The Labute approximate surface area is 137 Å². The average Bonchev–Trinajstić information content (AvgIpc) is 2.58. The minimum atomic E-state index is -0.681. The van der Waals surface area contributed by atoms with Crippen LogP contribution in [0, 0.1) is 15.9 Å². The van der Waals surface area contributed by atoms with Gasteiger partial charge in [0.15, 0.2) is 11.5 Å². The van der Waals surface area contributed by atoms with Crippen molar-refractivity contribution >= 4 is 11.6 Å². The van der Waals surface area contributed by atoms with Crippen LogP contribution in [0.25, 0.3) is 0 Å². The second-order valence-electron chi connectivity index (χ2n) is 4.79. The highest BCUT2D eigenvalue weighted by Gasteiger charge is 2.24. The third kappa shape index (κ3) is 3.78. The van der Waals surface area contributed by atoms with E-state index in [1.807, 2.05) is 0 Å². The summed E-state index contributed by atoms with van der Waals surface area (Å²) < 4.78 is 23.2. The van der Waals surface area contributed by atoms with Crippen molar-refractivity contribution in [3.63, 3.8) is 0 Å². The first-order chi connectivity index (χ1) is 11.5. The first-order valence-electron chi connectivity index (χ1n) is 6.89. The molecule has 0 bridgehead atoms. The summed E-state index contributed by atoms with van der Waals surface area (Å²) in [5.41, 5.74) is -0.0510. The molecule has 2 rings (SSSR count). The van der Waals surface area contributed by atoms with Gasteiger partial charge in [0.05, 0.1) is 25.2 Å². The highest BCUT2D eigenvalue weighted by molar-refractivity contribution is 5.99. The van der Waals surface area contributed by atoms with Crippen molar-refractivity contribution in [2.24, 2.45) is 0 Å². The number of carbonyl (C=O) groups is 1. The number of ether oxygens (including phenoxy) is 2. The topological polar surface area (TPSA) is 90.7 Å². The van der Waals surface area contributed by atoms with Gasteiger partial charge in [0, 0.05) is 12.6 Å². The first-order valence-corrected chi connectivity index (χ1v) is 6.89. The number of benzene rings is 2. The minimum absolute atomic E-state index is 0.0299. The fraction of sp³-hybridized carbons (Fsp3) is 0.188. The van der Waals surface area contributed by atoms with Crippen LogP contribution in [0.4, 0.5) is 10.1 Å². The van der Waals surface area contributed by atoms with Crippen LogP contribution in [0.15, 0.2) is 36.4 Å². The maximum Gasteiger partial charge on any atom is 0.286 e. The molecule has 0 fully saturated rings. The van der Waals surface area contributed by atoms with Gasteiger partial charge in [0.2, 0.25) is 0 Å². The maximum absolute atomic E-state index is 13.1. The van der Waals surface area contributed by atoms with Crippen molar-refractivity contribution in [3.8, 4) is 11.5 Å². The number of nitrogens with one attached hydrogen (secondary N) is 1. The van der Waals surface area contributed by atoms with Gasteiger partial charge in [-0.1, -0.05) is 12.1 Å². The summed E-state index contributed by atoms with van der Waals surface area (Å²) in [6.07, 6.45) is 0. The van der Waals surface area contributed by atoms with Gasteiger partial charge in [-0.2, -0.15) is 0 Å². The van der Waals surface area contributed by atoms with E-state index in [1.54, 1.807) is 6.07 Å². The highest BCUT2D eigenvalue weighted by Crippen LogP contribution is 2.34. The lowest BCUT2D eigenvalue weighted by Crippen LogP contribution is -2.24. The molecule has 0 heterocycles. The van der Waals surface area contributed by atoms with Crippen LogP contribution >= 0.6 is 0 Å². The molecule has 0 aromatic heterocycles. The normalized spacial score (nSPS) is 10.1. The number of hydrogen-bond acceptors (Lipinski definition) is 5. The maximum atomic E-state index is 13.1. The van der Waals surface area contributed by atoms with E-state index in [1.165, 1.54) is 38.5 Å². The molecule has 7 nitrogen and oxygen atoms in total. The summed E-state index contributed by atoms with van der Waals surface area (Å²) in [7, 11) is 2.70. The van der Waals surface area contributed by atoms with E-state index in [4.69, 9.17) is 9.47 Å². The summed E-state index contributed by atoms with van der Waals surface area (Å²) in [6, 6.07) is 8.05. The molecule has 0 radical (unpaired) electrons. The van der Waals surface area contributed by atoms with E-state index in [2.05, 4.69) is 5.32 Å². The highest BCUT2D eigenvalue weighted by atomic mass is 19.1. The predicted octanol–water partition coefficient (Wildman–Crippen LogP) is 2.68. The number of halogens is 1. The summed E-state index contributed by atoms with van der Waals surface area (Å²) >= 11 is 0. The van der Waals surface area contributed by atoms with E-state index < -0.39 is 22.3 Å². The molecule has 0 unspecified atom stereocenters. The lowest BCUT2D eigenvalue weighted by Gasteiger charge is -2.11. The van der Waals surface area contributed by atoms with Gasteiger partial charge in [-0.05, 0) is 17.7 Å². The van der Waals surface area contributed by atoms with Crippen LogP contribution in [0.2, 0.25) is 0 Å². The van der Waals surface area contributed by atoms with Gasteiger partial charge >= 0.3 is 0 Å². The summed E-state index contributed by atoms with van der Waals surface area (Å²) in [6.45, 7) is 0.0299. The number of methoxy groups -OCH3 is 2. The number of nitro groups is 1. The van der Waals surface area contributed by atoms with Crippen LogP contribution in [-0.4, -0.2) is 25.1 Å². The van der Waals surface area contributed by atoms with Crippen molar-refractivity contribution in [2.45, 2.75) is 6.54 Å². The lowest BCUT2D eigenvalue weighted by molar-refractivity contribution is -0.385. The van der Waals surface area contributed by atoms with E-state index in [0.717, 1.165) is 6.07 Å². The average molecular weight is 334 g/mol. The number of hydrogen-bond donors (Lipinski definition) is 1. The molecule has 0 saturated carbocycles. The molecule has 2 aromatic carbocycles. The van der Waals surface area contributed by atoms with Crippen molar-refractivity contribution in [2.75, 3.05) is 14.2 Å². The van der Waals surface area contributed by atoms with Crippen LogP contribution in [0.3, 0.4) is 0 Å². The Balaban J connectivity index is 2.28. The summed E-state index contributed by atoms with van der Waals surface area (Å²) in [5.74, 6) is -0.768. The molecule has 1 amide bonds. The van der Waals surface area contributed by atoms with Crippen molar-refractivity contribution < 1.29 is 23.6 Å². The Bertz CT molecular complexity index is 779. The molecule has 0 aliphatic rings. The zero-order valence-electron chi connectivity index (χ0n) is 13.0. The van der Waals surface area contributed by atoms with E-state index >= 15 is 0 Å². The number of carbonyl (C=O) groups excluding carboxylic acids is 1. The standard InChI is InChI=1S/C16H15FN2O5/c1-23-14-7-12(13(19(21)22)8-15(14)24-2)16(20)18-9-10-4-3-5-11(17)6-10/h3-8H,9H2,1-2H3,(H,18,20). The first kappa shape index (κ1) is 17.2. The molecular formula is C16H15FN2O5. The van der Waals surface area contributed by atoms with E-state index in [0.29, 0.717) is 5.56 Å². The van der Waals surface area contributed by atoms with E-state index in [-0.39, 0.29) is 23.6 Å². The van der Waals surface area contributed by atoms with Gasteiger partial charge in [-0.3, -0.25) is 14.9 Å². The van der Waals surface area contributed by atoms with Gasteiger partial charge in [0.1, 0.15) is 11.4 Å². The third-order valence-corrected chi connectivity index (χ3v) is 3.29. The zero-order chi connectivity index (χ0) is 17.7. The molecule has 24 heavy (non-hydrogen) atoms. The van der Waals surface area contributed by atoms with Crippen molar-refractivity contribution in [3.05, 3.63) is 63.5 Å². The molecule has 0 spiro atoms. The van der Waals surface area contributed by atoms with Crippen LogP contribution in [0.5, 0.6) is 11.5 Å². The van der Waals surface area contributed by atoms with Crippen LogP contribution in [0.1, 0.15) is 15.9 Å². The third-order valence-electron chi connectivity index (χ3n) is 3.29. The number of rotatable bonds is 6. The Hall–Kier alpha value is -3.16. The van der Waals surface area contributed by atoms with Crippen molar-refractivity contribution in [1.82, 2.24) is 5.32 Å². The van der Waals surface area contributed by atoms with Gasteiger partial charge < -0.3 is 14.8 Å². The van der Waals surface area contributed by atoms with Crippen molar-refractivity contribution in [1.29, 1.82) is 0 Å². The minimum Gasteiger partial charge on any atom is -0.493 e. The summed E-state index contributed by atoms with van der Waals surface area (Å²) in [4.78, 5) is 22.8.